The predicted molar refractivity (Wildman–Crippen MR) is 103 cm³/mol. The molecule has 2 aromatic heterocycles. The zero-order valence-corrected chi connectivity index (χ0v) is 17.5. The number of nitrogens with one attached hydrogen (secondary N) is 1. The van der Waals surface area contributed by atoms with E-state index in [1.807, 2.05) is 32.0 Å². The number of imidazole rings is 1. The largest absolute Gasteiger partial charge is 0.448 e. The van der Waals surface area contributed by atoms with Gasteiger partial charge in [-0.3, -0.25) is 4.57 Å². The van der Waals surface area contributed by atoms with Gasteiger partial charge in [0.1, 0.15) is 21.6 Å². The smallest absolute Gasteiger partial charge is 0.392 e. The van der Waals surface area contributed by atoms with Gasteiger partial charge >= 0.3 is 7.60 Å². The molecule has 0 aliphatic carbocycles. The molecule has 0 fully saturated rings. The molecule has 1 atom stereocenters. The van der Waals surface area contributed by atoms with Crippen LogP contribution in [0.2, 0.25) is 0 Å². The molecule has 0 bridgehead atoms. The van der Waals surface area contributed by atoms with Crippen LogP contribution in [-0.2, 0) is 19.2 Å². The summed E-state index contributed by atoms with van der Waals surface area (Å²) in [5, 5.41) is 0.281. The van der Waals surface area contributed by atoms with Crippen LogP contribution in [0.3, 0.4) is 0 Å². The summed E-state index contributed by atoms with van der Waals surface area (Å²) in [6.07, 6.45) is 2.18. The molecular formula is C15H16Br2N3O4P. The minimum atomic E-state index is -3.84. The first-order valence-electron chi connectivity index (χ1n) is 7.44. The Hall–Kier alpha value is -0.960. The lowest BCUT2D eigenvalue weighted by Gasteiger charge is -2.14. The fourth-order valence-corrected chi connectivity index (χ4v) is 5.20. The van der Waals surface area contributed by atoms with E-state index in [2.05, 4.69) is 42.2 Å². The van der Waals surface area contributed by atoms with Crippen molar-refractivity contribution in [1.82, 2.24) is 9.97 Å². The van der Waals surface area contributed by atoms with Crippen LogP contribution in [0.1, 0.15) is 19.4 Å². The molecule has 1 aromatic carbocycles. The normalized spacial score (nSPS) is 14.3. The third kappa shape index (κ3) is 3.37. The number of H-pyrrole nitrogens is 1. The predicted octanol–water partition coefficient (Wildman–Crippen LogP) is 4.82. The van der Waals surface area contributed by atoms with Crippen molar-refractivity contribution in [3.8, 4) is 11.3 Å². The van der Waals surface area contributed by atoms with Gasteiger partial charge in [0.05, 0.1) is 17.4 Å². The first-order valence-corrected chi connectivity index (χ1v) is 10.4. The van der Waals surface area contributed by atoms with Gasteiger partial charge in [0.2, 0.25) is 0 Å². The lowest BCUT2D eigenvalue weighted by Crippen LogP contribution is -2.17. The van der Waals surface area contributed by atoms with Gasteiger partial charge in [0.15, 0.2) is 10.4 Å². The second-order valence-electron chi connectivity index (χ2n) is 5.91. The number of aromatic nitrogens is 2. The van der Waals surface area contributed by atoms with Gasteiger partial charge in [0.25, 0.3) is 0 Å². The molecule has 0 aliphatic heterocycles. The van der Waals surface area contributed by atoms with Gasteiger partial charge in [-0.1, -0.05) is 19.9 Å². The number of para-hydroxylation sites is 1. The quantitative estimate of drug-likeness (QED) is 0.377. The minimum Gasteiger partial charge on any atom is -0.448 e. The molecule has 0 radical (unpaired) electrons. The summed E-state index contributed by atoms with van der Waals surface area (Å²) >= 11 is 6.20. The standard InChI is InChI=1S/C15H16Br2N3O4P/c1-8(2)6-10-14(25(21,23-17)24-18)13(22-15(10)16)9-4-3-5-11-12(9)20-7-19-11/h3-5,7-8H,6,18H2,1-2H3,(H,19,20). The zero-order valence-electron chi connectivity index (χ0n) is 13.5. The topological polar surface area (TPSA) is 103 Å². The Morgan fingerprint density at radius 1 is 1.44 bits per heavy atom. The number of rotatable bonds is 6. The highest BCUT2D eigenvalue weighted by Gasteiger charge is 2.38. The van der Waals surface area contributed by atoms with Crippen LogP contribution in [0.15, 0.2) is 33.6 Å². The van der Waals surface area contributed by atoms with Crippen molar-refractivity contribution in [2.24, 2.45) is 11.8 Å². The monoisotopic (exact) mass is 491 g/mol. The van der Waals surface area contributed by atoms with E-state index in [1.54, 1.807) is 6.33 Å². The highest BCUT2D eigenvalue weighted by atomic mass is 79.9. The molecule has 2 heterocycles. The van der Waals surface area contributed by atoms with Crippen LogP contribution in [0.5, 0.6) is 0 Å². The van der Waals surface area contributed by atoms with E-state index in [1.165, 1.54) is 0 Å². The number of furan rings is 1. The zero-order chi connectivity index (χ0) is 18.2. The van der Waals surface area contributed by atoms with Gasteiger partial charge in [-0.15, -0.1) is 0 Å². The van der Waals surface area contributed by atoms with Crippen molar-refractivity contribution in [3.05, 3.63) is 34.8 Å². The molecule has 0 saturated carbocycles. The average Bonchev–Trinajstić information content (AvgIpc) is 3.19. The maximum Gasteiger partial charge on any atom is 0.392 e. The highest BCUT2D eigenvalue weighted by molar-refractivity contribution is 9.10. The Balaban J connectivity index is 2.34. The van der Waals surface area contributed by atoms with E-state index >= 15 is 0 Å². The highest BCUT2D eigenvalue weighted by Crippen LogP contribution is 2.53. The van der Waals surface area contributed by atoms with Gasteiger partial charge in [-0.05, 0) is 40.4 Å². The summed E-state index contributed by atoms with van der Waals surface area (Å²) in [4.78, 5) is 7.36. The Kier molecular flexibility index (Phi) is 5.53. The Morgan fingerprint density at radius 2 is 2.20 bits per heavy atom. The van der Waals surface area contributed by atoms with Crippen molar-refractivity contribution >= 4 is 56.1 Å². The summed E-state index contributed by atoms with van der Waals surface area (Å²) in [6, 6.07) is 5.56. The van der Waals surface area contributed by atoms with Crippen molar-refractivity contribution in [3.63, 3.8) is 0 Å². The molecule has 1 unspecified atom stereocenters. The molecule has 25 heavy (non-hydrogen) atoms. The molecule has 134 valence electrons. The Bertz CT molecular complexity index is 946. The third-order valence-electron chi connectivity index (χ3n) is 3.74. The van der Waals surface area contributed by atoms with Crippen molar-refractivity contribution in [1.29, 1.82) is 0 Å². The summed E-state index contributed by atoms with van der Waals surface area (Å²) in [5.74, 6) is 5.92. The number of nitrogens with two attached hydrogens (primary N) is 1. The fourth-order valence-electron chi connectivity index (χ4n) is 2.74. The van der Waals surface area contributed by atoms with E-state index in [9.17, 15) is 4.57 Å². The summed E-state index contributed by atoms with van der Waals surface area (Å²) in [5.41, 5.74) is 2.85. The first-order chi connectivity index (χ1) is 11.9. The summed E-state index contributed by atoms with van der Waals surface area (Å²) in [6.45, 7) is 4.08. The van der Waals surface area contributed by atoms with Crippen molar-refractivity contribution in [2.45, 2.75) is 20.3 Å². The van der Waals surface area contributed by atoms with E-state index in [-0.39, 0.29) is 11.2 Å². The molecular weight excluding hydrogens is 477 g/mol. The van der Waals surface area contributed by atoms with Gasteiger partial charge in [-0.25, -0.2) is 19.1 Å². The molecule has 0 aliphatic rings. The lowest BCUT2D eigenvalue weighted by atomic mass is 10.0. The number of halogens is 2. The number of benzene rings is 1. The molecule has 0 spiro atoms. The van der Waals surface area contributed by atoms with E-state index < -0.39 is 7.60 Å². The number of hydrogen-bond donors (Lipinski definition) is 2. The SMILES string of the molecule is CC(C)Cc1c(Br)oc(-c2cccc3[nH]cnc23)c1P(=O)(ON)OBr. The average molecular weight is 493 g/mol. The van der Waals surface area contributed by atoms with Gasteiger partial charge in [-0.2, -0.15) is 0 Å². The van der Waals surface area contributed by atoms with E-state index in [0.717, 1.165) is 5.52 Å². The van der Waals surface area contributed by atoms with Gasteiger partial charge in [0, 0.05) is 11.1 Å². The van der Waals surface area contributed by atoms with Crippen LogP contribution >= 0.6 is 39.8 Å². The number of hydrogen-bond acceptors (Lipinski definition) is 6. The third-order valence-corrected chi connectivity index (χ3v) is 7.00. The van der Waals surface area contributed by atoms with Crippen LogP contribution in [0.25, 0.3) is 22.4 Å². The van der Waals surface area contributed by atoms with Gasteiger partial charge < -0.3 is 9.40 Å². The molecule has 3 rings (SSSR count). The lowest BCUT2D eigenvalue weighted by molar-refractivity contribution is 0.296. The molecule has 0 saturated heterocycles. The maximum atomic E-state index is 13.1. The molecule has 7 nitrogen and oxygen atoms in total. The summed E-state index contributed by atoms with van der Waals surface area (Å²) in [7, 11) is -3.84. The van der Waals surface area contributed by atoms with Crippen LogP contribution in [0, 0.1) is 5.92 Å². The molecule has 10 heteroatoms. The number of nitrogens with zero attached hydrogens (tertiary/aromatic N) is 1. The number of fused-ring (bicyclic) bond motifs is 1. The van der Waals surface area contributed by atoms with E-state index in [4.69, 9.17) is 18.6 Å². The van der Waals surface area contributed by atoms with E-state index in [0.29, 0.717) is 33.5 Å². The molecule has 3 N–H and O–H groups in total. The van der Waals surface area contributed by atoms with Crippen LogP contribution in [0.4, 0.5) is 0 Å². The Labute approximate surface area is 161 Å². The maximum absolute atomic E-state index is 13.1. The molecule has 3 aromatic rings. The minimum absolute atomic E-state index is 0.281. The molecule has 0 amide bonds. The second-order valence-corrected chi connectivity index (χ2v) is 9.29. The number of aromatic amines is 1. The van der Waals surface area contributed by atoms with Crippen molar-refractivity contribution in [2.75, 3.05) is 0 Å². The van der Waals surface area contributed by atoms with Crippen LogP contribution < -0.4 is 11.2 Å². The van der Waals surface area contributed by atoms with Crippen LogP contribution in [-0.4, -0.2) is 9.97 Å². The fraction of sp³-hybridized carbons (Fsp3) is 0.267. The summed E-state index contributed by atoms with van der Waals surface area (Å²) < 4.78 is 29.2. The Morgan fingerprint density at radius 3 is 2.84 bits per heavy atom. The van der Waals surface area contributed by atoms with Crippen molar-refractivity contribution < 1.29 is 17.2 Å². The first kappa shape index (κ1) is 18.8. The second kappa shape index (κ2) is 7.34.